The van der Waals surface area contributed by atoms with Gasteiger partial charge in [-0.15, -0.1) is 0 Å². The first-order valence-electron chi connectivity index (χ1n) is 5.82. The fourth-order valence-electron chi connectivity index (χ4n) is 1.43. The third-order valence-electron chi connectivity index (χ3n) is 2.64. The van der Waals surface area contributed by atoms with E-state index in [0.717, 1.165) is 18.5 Å². The summed E-state index contributed by atoms with van der Waals surface area (Å²) in [6.45, 7) is 6.41. The number of benzene rings is 1. The van der Waals surface area contributed by atoms with E-state index in [1.54, 1.807) is 0 Å². The lowest BCUT2D eigenvalue weighted by Crippen LogP contribution is -2.35. The highest BCUT2D eigenvalue weighted by Crippen LogP contribution is 2.15. The van der Waals surface area contributed by atoms with Crippen molar-refractivity contribution < 1.29 is 0 Å². The van der Waals surface area contributed by atoms with Gasteiger partial charge in [0.25, 0.3) is 0 Å². The minimum absolute atomic E-state index is 0.411. The molecule has 0 aliphatic rings. The average Bonchev–Trinajstić information content (AvgIpc) is 2.29. The molecule has 2 N–H and O–H groups in total. The van der Waals surface area contributed by atoms with Crippen LogP contribution in [0.2, 0.25) is 0 Å². The van der Waals surface area contributed by atoms with Gasteiger partial charge in [0, 0.05) is 11.7 Å². The number of aryl methyl sites for hydroxylation is 1. The Labute approximate surface area is 103 Å². The molecule has 1 atom stereocenters. The maximum Gasteiger partial charge on any atom is 0.170 e. The van der Waals surface area contributed by atoms with E-state index < -0.39 is 0 Å². The van der Waals surface area contributed by atoms with Crippen LogP contribution in [0.4, 0.5) is 5.69 Å². The second kappa shape index (κ2) is 6.48. The fourth-order valence-corrected chi connectivity index (χ4v) is 1.75. The Morgan fingerprint density at radius 1 is 1.31 bits per heavy atom. The first-order chi connectivity index (χ1) is 7.67. The van der Waals surface area contributed by atoms with E-state index in [1.807, 2.05) is 6.07 Å². The number of thiocarbonyl (C=S) groups is 1. The van der Waals surface area contributed by atoms with Crippen LogP contribution >= 0.6 is 12.2 Å². The van der Waals surface area contributed by atoms with Gasteiger partial charge in [0.15, 0.2) is 5.11 Å². The molecule has 2 nitrogen and oxygen atoms in total. The zero-order chi connectivity index (χ0) is 12.0. The number of anilines is 1. The van der Waals surface area contributed by atoms with Crippen molar-refractivity contribution in [2.75, 3.05) is 5.32 Å². The van der Waals surface area contributed by atoms with Gasteiger partial charge < -0.3 is 10.6 Å². The number of nitrogens with one attached hydrogen (secondary N) is 2. The van der Waals surface area contributed by atoms with Crippen LogP contribution in [0, 0.1) is 0 Å². The van der Waals surface area contributed by atoms with Crippen molar-refractivity contribution in [3.8, 4) is 0 Å². The third kappa shape index (κ3) is 3.81. The Hall–Kier alpha value is -1.09. The van der Waals surface area contributed by atoms with Gasteiger partial charge in [0.2, 0.25) is 0 Å². The fraction of sp³-hybridized carbons (Fsp3) is 0.462. The van der Waals surface area contributed by atoms with E-state index in [9.17, 15) is 0 Å². The van der Waals surface area contributed by atoms with Gasteiger partial charge in [-0.25, -0.2) is 0 Å². The van der Waals surface area contributed by atoms with Crippen LogP contribution in [-0.4, -0.2) is 11.2 Å². The monoisotopic (exact) mass is 236 g/mol. The summed E-state index contributed by atoms with van der Waals surface area (Å²) in [6, 6.07) is 8.66. The minimum atomic E-state index is 0.411. The Bertz CT molecular complexity index is 350. The van der Waals surface area contributed by atoms with E-state index in [0.29, 0.717) is 11.2 Å². The van der Waals surface area contributed by atoms with Gasteiger partial charge in [-0.2, -0.15) is 0 Å². The number of hydrogen-bond donors (Lipinski definition) is 2. The van der Waals surface area contributed by atoms with Crippen LogP contribution in [0.15, 0.2) is 24.3 Å². The zero-order valence-corrected chi connectivity index (χ0v) is 11.0. The summed E-state index contributed by atoms with van der Waals surface area (Å²) in [5.74, 6) is 0. The number of rotatable bonds is 4. The molecule has 0 fully saturated rings. The van der Waals surface area contributed by atoms with Crippen molar-refractivity contribution in [1.29, 1.82) is 0 Å². The molecule has 0 saturated heterocycles. The van der Waals surface area contributed by atoms with E-state index in [1.165, 1.54) is 5.56 Å². The smallest absolute Gasteiger partial charge is 0.170 e. The number of para-hydroxylation sites is 1. The van der Waals surface area contributed by atoms with Crippen molar-refractivity contribution in [2.24, 2.45) is 0 Å². The van der Waals surface area contributed by atoms with Gasteiger partial charge >= 0.3 is 0 Å². The van der Waals surface area contributed by atoms with Crippen molar-refractivity contribution >= 4 is 23.0 Å². The Morgan fingerprint density at radius 2 is 2.00 bits per heavy atom. The Morgan fingerprint density at radius 3 is 2.62 bits per heavy atom. The molecule has 3 heteroatoms. The molecule has 0 radical (unpaired) electrons. The summed E-state index contributed by atoms with van der Waals surface area (Å²) in [7, 11) is 0. The lowest BCUT2D eigenvalue weighted by molar-refractivity contribution is 0.646. The highest BCUT2D eigenvalue weighted by atomic mass is 32.1. The maximum absolute atomic E-state index is 5.26. The highest BCUT2D eigenvalue weighted by Gasteiger charge is 2.04. The molecule has 0 saturated carbocycles. The molecule has 0 aliphatic heterocycles. The third-order valence-corrected chi connectivity index (χ3v) is 2.86. The molecule has 0 aliphatic carbocycles. The van der Waals surface area contributed by atoms with E-state index >= 15 is 0 Å². The van der Waals surface area contributed by atoms with E-state index in [2.05, 4.69) is 49.6 Å². The summed E-state index contributed by atoms with van der Waals surface area (Å²) in [4.78, 5) is 0. The van der Waals surface area contributed by atoms with Crippen molar-refractivity contribution in [1.82, 2.24) is 5.32 Å². The molecule has 0 unspecified atom stereocenters. The van der Waals surface area contributed by atoms with Crippen LogP contribution < -0.4 is 10.6 Å². The quantitative estimate of drug-likeness (QED) is 0.784. The predicted molar refractivity (Wildman–Crippen MR) is 74.9 cm³/mol. The number of hydrogen-bond acceptors (Lipinski definition) is 1. The largest absolute Gasteiger partial charge is 0.360 e. The molecule has 1 aromatic carbocycles. The van der Waals surface area contributed by atoms with Crippen LogP contribution in [0.1, 0.15) is 32.8 Å². The molecule has 1 aromatic rings. The van der Waals surface area contributed by atoms with Gasteiger partial charge in [-0.1, -0.05) is 32.0 Å². The summed E-state index contributed by atoms with van der Waals surface area (Å²) >= 11 is 5.26. The molecular weight excluding hydrogens is 216 g/mol. The predicted octanol–water partition coefficient (Wildman–Crippen LogP) is 3.33. The van der Waals surface area contributed by atoms with Gasteiger partial charge in [0.05, 0.1) is 0 Å². The summed E-state index contributed by atoms with van der Waals surface area (Å²) in [5, 5.41) is 7.20. The Balaban J connectivity index is 2.62. The lowest BCUT2D eigenvalue weighted by Gasteiger charge is -2.16. The topological polar surface area (TPSA) is 24.1 Å². The summed E-state index contributed by atoms with van der Waals surface area (Å²) in [6.07, 6.45) is 2.08. The van der Waals surface area contributed by atoms with Gasteiger partial charge in [-0.3, -0.25) is 0 Å². The second-order valence-electron chi connectivity index (χ2n) is 3.92. The first kappa shape index (κ1) is 13.0. The SMILES string of the molecule is CCc1ccccc1NC(=S)N[C@H](C)CC. The van der Waals surface area contributed by atoms with Crippen LogP contribution in [0.5, 0.6) is 0 Å². The summed E-state index contributed by atoms with van der Waals surface area (Å²) < 4.78 is 0. The lowest BCUT2D eigenvalue weighted by atomic mass is 10.1. The van der Waals surface area contributed by atoms with Crippen molar-refractivity contribution in [3.63, 3.8) is 0 Å². The molecule has 0 spiro atoms. The molecule has 1 rings (SSSR count). The van der Waals surface area contributed by atoms with Gasteiger partial charge in [0.1, 0.15) is 0 Å². The molecular formula is C13H20N2S. The van der Waals surface area contributed by atoms with Gasteiger partial charge in [-0.05, 0) is 43.6 Å². The standard InChI is InChI=1S/C13H20N2S/c1-4-10(3)14-13(16)15-12-9-7-6-8-11(12)5-2/h6-10H,4-5H2,1-3H3,(H2,14,15,16)/t10-/m1/s1. The van der Waals surface area contributed by atoms with Crippen molar-refractivity contribution in [2.45, 2.75) is 39.7 Å². The van der Waals surface area contributed by atoms with Crippen molar-refractivity contribution in [3.05, 3.63) is 29.8 Å². The molecule has 16 heavy (non-hydrogen) atoms. The minimum Gasteiger partial charge on any atom is -0.360 e. The molecule has 0 bridgehead atoms. The molecule has 0 aromatic heterocycles. The maximum atomic E-state index is 5.26. The van der Waals surface area contributed by atoms with E-state index in [4.69, 9.17) is 12.2 Å². The average molecular weight is 236 g/mol. The second-order valence-corrected chi connectivity index (χ2v) is 4.33. The van der Waals surface area contributed by atoms with Crippen LogP contribution in [-0.2, 0) is 6.42 Å². The zero-order valence-electron chi connectivity index (χ0n) is 10.2. The van der Waals surface area contributed by atoms with E-state index in [-0.39, 0.29) is 0 Å². The van der Waals surface area contributed by atoms with Crippen LogP contribution in [0.3, 0.4) is 0 Å². The molecule has 88 valence electrons. The normalized spacial score (nSPS) is 11.9. The van der Waals surface area contributed by atoms with Crippen LogP contribution in [0.25, 0.3) is 0 Å². The summed E-state index contributed by atoms with van der Waals surface area (Å²) in [5.41, 5.74) is 2.39. The molecule has 0 heterocycles. The highest BCUT2D eigenvalue weighted by molar-refractivity contribution is 7.80. The first-order valence-corrected chi connectivity index (χ1v) is 6.23. The molecule has 0 amide bonds. The Kier molecular flexibility index (Phi) is 5.26.